The van der Waals surface area contributed by atoms with Crippen molar-refractivity contribution in [2.45, 2.75) is 5.92 Å². The van der Waals surface area contributed by atoms with Gasteiger partial charge in [-0.3, -0.25) is 4.98 Å². The molecule has 1 N–H and O–H groups in total. The maximum absolute atomic E-state index is 4.43. The summed E-state index contributed by atoms with van der Waals surface area (Å²) in [5.41, 5.74) is 1.22. The maximum atomic E-state index is 4.43. The molecule has 2 nitrogen and oxygen atoms in total. The van der Waals surface area contributed by atoms with Crippen LogP contribution in [0.25, 0.3) is 10.8 Å². The lowest BCUT2D eigenvalue weighted by molar-refractivity contribution is 0.442. The van der Waals surface area contributed by atoms with Gasteiger partial charge in [0, 0.05) is 36.7 Å². The van der Waals surface area contributed by atoms with E-state index < -0.39 is 0 Å². The lowest BCUT2D eigenvalue weighted by atomic mass is 9.94. The lowest BCUT2D eigenvalue weighted by Gasteiger charge is -2.27. The van der Waals surface area contributed by atoms with Crippen LogP contribution >= 0.6 is 0 Å². The Kier molecular flexibility index (Phi) is 1.74. The lowest BCUT2D eigenvalue weighted by Crippen LogP contribution is -2.40. The van der Waals surface area contributed by atoms with E-state index in [1.165, 1.54) is 16.5 Å². The van der Waals surface area contributed by atoms with Crippen molar-refractivity contribution < 1.29 is 0 Å². The van der Waals surface area contributed by atoms with Crippen LogP contribution in [0.4, 0.5) is 0 Å². The third-order valence-electron chi connectivity index (χ3n) is 2.79. The fourth-order valence-electron chi connectivity index (χ4n) is 1.88. The van der Waals surface area contributed by atoms with Crippen molar-refractivity contribution in [2.24, 2.45) is 0 Å². The number of rotatable bonds is 1. The van der Waals surface area contributed by atoms with Crippen LogP contribution in [0.1, 0.15) is 11.6 Å². The van der Waals surface area contributed by atoms with Gasteiger partial charge in [-0.05, 0) is 5.39 Å². The molecule has 2 heteroatoms. The van der Waals surface area contributed by atoms with Crippen molar-refractivity contribution in [1.29, 1.82) is 0 Å². The van der Waals surface area contributed by atoms with Gasteiger partial charge in [0.15, 0.2) is 0 Å². The van der Waals surface area contributed by atoms with E-state index in [1.807, 2.05) is 6.07 Å². The number of hydrogen-bond acceptors (Lipinski definition) is 2. The van der Waals surface area contributed by atoms with Crippen LogP contribution in [0.2, 0.25) is 0 Å². The standard InChI is InChI=1S/C12H11N2/c1-2-4-11-9(3-1)5-6-14-12(11)10-7-13-8-10/h1-4,6,10,13H,7-8H2. The molecule has 1 aromatic heterocycles. The molecule has 1 aliphatic heterocycles. The van der Waals surface area contributed by atoms with Crippen molar-refractivity contribution in [3.63, 3.8) is 0 Å². The molecule has 1 saturated heterocycles. The predicted molar refractivity (Wildman–Crippen MR) is 56.2 cm³/mol. The van der Waals surface area contributed by atoms with E-state index in [2.05, 4.69) is 34.6 Å². The van der Waals surface area contributed by atoms with Crippen LogP contribution in [0.15, 0.2) is 30.5 Å². The number of aromatic nitrogens is 1. The highest BCUT2D eigenvalue weighted by atomic mass is 15.0. The summed E-state index contributed by atoms with van der Waals surface area (Å²) in [6.45, 7) is 2.11. The highest BCUT2D eigenvalue weighted by Crippen LogP contribution is 2.25. The largest absolute Gasteiger partial charge is 0.315 e. The quantitative estimate of drug-likeness (QED) is 0.728. The van der Waals surface area contributed by atoms with Gasteiger partial charge in [0.05, 0.1) is 5.69 Å². The van der Waals surface area contributed by atoms with E-state index in [4.69, 9.17) is 0 Å². The van der Waals surface area contributed by atoms with Gasteiger partial charge in [0.2, 0.25) is 0 Å². The SMILES string of the molecule is [c]1cnc(C2CNC2)c2ccccc12. The molecule has 0 unspecified atom stereocenters. The molecule has 1 aromatic carbocycles. The Morgan fingerprint density at radius 2 is 2.14 bits per heavy atom. The Morgan fingerprint density at radius 3 is 2.93 bits per heavy atom. The van der Waals surface area contributed by atoms with E-state index in [1.54, 1.807) is 6.20 Å². The maximum Gasteiger partial charge on any atom is 0.0538 e. The first-order valence-corrected chi connectivity index (χ1v) is 4.91. The van der Waals surface area contributed by atoms with Crippen LogP contribution in [0.3, 0.4) is 0 Å². The van der Waals surface area contributed by atoms with Gasteiger partial charge in [0.1, 0.15) is 0 Å². The molecule has 1 fully saturated rings. The molecule has 14 heavy (non-hydrogen) atoms. The second-order valence-corrected chi connectivity index (χ2v) is 3.69. The Morgan fingerprint density at radius 1 is 1.29 bits per heavy atom. The molecule has 0 spiro atoms. The van der Waals surface area contributed by atoms with Crippen molar-refractivity contribution in [1.82, 2.24) is 10.3 Å². The summed E-state index contributed by atoms with van der Waals surface area (Å²) in [7, 11) is 0. The van der Waals surface area contributed by atoms with Crippen LogP contribution in [0.5, 0.6) is 0 Å². The molecular formula is C12H11N2. The van der Waals surface area contributed by atoms with Crippen molar-refractivity contribution in [3.8, 4) is 0 Å². The predicted octanol–water partition coefficient (Wildman–Crippen LogP) is 1.72. The minimum Gasteiger partial charge on any atom is -0.315 e. The van der Waals surface area contributed by atoms with Gasteiger partial charge in [-0.1, -0.05) is 24.3 Å². The first-order valence-electron chi connectivity index (χ1n) is 4.91. The Labute approximate surface area is 83.0 Å². The van der Waals surface area contributed by atoms with Gasteiger partial charge in [-0.15, -0.1) is 0 Å². The monoisotopic (exact) mass is 183 g/mol. The summed E-state index contributed by atoms with van der Waals surface area (Å²) in [6, 6.07) is 11.5. The number of pyridine rings is 1. The zero-order chi connectivity index (χ0) is 9.38. The van der Waals surface area contributed by atoms with Crippen LogP contribution in [-0.2, 0) is 0 Å². The van der Waals surface area contributed by atoms with E-state index in [-0.39, 0.29) is 0 Å². The fraction of sp³-hybridized carbons (Fsp3) is 0.250. The number of fused-ring (bicyclic) bond motifs is 1. The van der Waals surface area contributed by atoms with Gasteiger partial charge >= 0.3 is 0 Å². The van der Waals surface area contributed by atoms with Gasteiger partial charge in [-0.2, -0.15) is 0 Å². The molecule has 0 aliphatic carbocycles. The minimum absolute atomic E-state index is 0.592. The second-order valence-electron chi connectivity index (χ2n) is 3.69. The third-order valence-corrected chi connectivity index (χ3v) is 2.79. The van der Waals surface area contributed by atoms with Gasteiger partial charge < -0.3 is 5.32 Å². The summed E-state index contributed by atoms with van der Waals surface area (Å²) in [5.74, 6) is 0.592. The molecular weight excluding hydrogens is 172 g/mol. The third kappa shape index (κ3) is 1.11. The van der Waals surface area contributed by atoms with Crippen LogP contribution < -0.4 is 5.32 Å². The summed E-state index contributed by atoms with van der Waals surface area (Å²) in [4.78, 5) is 4.43. The Bertz CT molecular complexity index is 455. The fourth-order valence-corrected chi connectivity index (χ4v) is 1.88. The molecule has 2 aromatic rings. The smallest absolute Gasteiger partial charge is 0.0538 e. The molecule has 1 radical (unpaired) electrons. The van der Waals surface area contributed by atoms with Crippen LogP contribution in [-0.4, -0.2) is 18.1 Å². The molecule has 69 valence electrons. The summed E-state index contributed by atoms with van der Waals surface area (Å²) in [6.07, 6.45) is 1.79. The average Bonchev–Trinajstić information content (AvgIpc) is 2.16. The van der Waals surface area contributed by atoms with Crippen LogP contribution in [0, 0.1) is 6.07 Å². The molecule has 0 amide bonds. The molecule has 1 aliphatic rings. The molecule has 0 bridgehead atoms. The van der Waals surface area contributed by atoms with E-state index in [0.29, 0.717) is 5.92 Å². The normalized spacial score (nSPS) is 16.9. The molecule has 3 rings (SSSR count). The number of nitrogens with one attached hydrogen (secondary N) is 1. The van der Waals surface area contributed by atoms with E-state index in [9.17, 15) is 0 Å². The molecule has 0 atom stereocenters. The molecule has 0 saturated carbocycles. The van der Waals surface area contributed by atoms with E-state index >= 15 is 0 Å². The Balaban J connectivity index is 2.22. The average molecular weight is 183 g/mol. The molecule has 2 heterocycles. The topological polar surface area (TPSA) is 24.9 Å². The number of benzene rings is 1. The summed E-state index contributed by atoms with van der Waals surface area (Å²) in [5, 5.41) is 5.70. The first kappa shape index (κ1) is 7.94. The summed E-state index contributed by atoms with van der Waals surface area (Å²) < 4.78 is 0. The van der Waals surface area contributed by atoms with Crippen molar-refractivity contribution >= 4 is 10.8 Å². The first-order chi connectivity index (χ1) is 6.95. The summed E-state index contributed by atoms with van der Waals surface area (Å²) >= 11 is 0. The Hall–Kier alpha value is -1.41. The zero-order valence-electron chi connectivity index (χ0n) is 7.83. The van der Waals surface area contributed by atoms with Crippen molar-refractivity contribution in [3.05, 3.63) is 42.2 Å². The number of nitrogens with zero attached hydrogens (tertiary/aromatic N) is 1. The van der Waals surface area contributed by atoms with Gasteiger partial charge in [0.25, 0.3) is 0 Å². The van der Waals surface area contributed by atoms with E-state index in [0.717, 1.165) is 13.1 Å². The van der Waals surface area contributed by atoms with Crippen molar-refractivity contribution in [2.75, 3.05) is 13.1 Å². The number of hydrogen-bond donors (Lipinski definition) is 1. The zero-order valence-corrected chi connectivity index (χ0v) is 7.83. The second kappa shape index (κ2) is 3.07. The minimum atomic E-state index is 0.592. The highest BCUT2D eigenvalue weighted by molar-refractivity contribution is 5.84. The van der Waals surface area contributed by atoms with Gasteiger partial charge in [-0.25, -0.2) is 0 Å². The highest BCUT2D eigenvalue weighted by Gasteiger charge is 2.21.